The molecule has 0 bridgehead atoms. The molecule has 1 aliphatic carbocycles. The molecule has 0 spiro atoms. The van der Waals surface area contributed by atoms with Crippen LogP contribution in [0.4, 0.5) is 0 Å². The Morgan fingerprint density at radius 3 is 2.81 bits per heavy atom. The van der Waals surface area contributed by atoms with Crippen molar-refractivity contribution in [2.45, 2.75) is 43.6 Å². The third-order valence-corrected chi connectivity index (χ3v) is 4.04. The summed E-state index contributed by atoms with van der Waals surface area (Å²) in [6.45, 7) is 0. The largest absolute Gasteiger partial charge is 0.461 e. The minimum absolute atomic E-state index is 0.0173. The van der Waals surface area contributed by atoms with Crippen LogP contribution < -0.4 is 0 Å². The predicted octanol–water partition coefficient (Wildman–Crippen LogP) is 2.81. The maximum absolute atomic E-state index is 11.6. The normalized spacial score (nSPS) is 33.2. The Morgan fingerprint density at radius 1 is 1.19 bits per heavy atom. The molecule has 2 nitrogen and oxygen atoms in total. The van der Waals surface area contributed by atoms with Crippen LogP contribution in [0.2, 0.25) is 0 Å². The van der Waals surface area contributed by atoms with Crippen LogP contribution in [0.3, 0.4) is 0 Å². The predicted molar refractivity (Wildman–Crippen MR) is 61.1 cm³/mol. The highest BCUT2D eigenvalue weighted by atomic mass is 16.6. The van der Waals surface area contributed by atoms with Gasteiger partial charge in [0.1, 0.15) is 6.10 Å². The Labute approximate surface area is 95.6 Å². The van der Waals surface area contributed by atoms with E-state index >= 15 is 0 Å². The summed E-state index contributed by atoms with van der Waals surface area (Å²) in [7, 11) is 0. The van der Waals surface area contributed by atoms with E-state index in [1.165, 1.54) is 18.4 Å². The van der Waals surface area contributed by atoms with Gasteiger partial charge < -0.3 is 4.74 Å². The Kier molecular flexibility index (Phi) is 2.23. The third-order valence-electron chi connectivity index (χ3n) is 4.04. The van der Waals surface area contributed by atoms with Gasteiger partial charge >= 0.3 is 5.97 Å². The molecule has 2 atom stereocenters. The van der Waals surface area contributed by atoms with Gasteiger partial charge in [0.25, 0.3) is 0 Å². The minimum atomic E-state index is -0.0178. The van der Waals surface area contributed by atoms with E-state index in [0.717, 1.165) is 12.8 Å². The Morgan fingerprint density at radius 2 is 2.00 bits per heavy atom. The summed E-state index contributed by atoms with van der Waals surface area (Å²) in [6, 6.07) is 10.4. The molecule has 0 amide bonds. The molecule has 2 heteroatoms. The molecule has 1 aromatic rings. The first kappa shape index (κ1) is 9.88. The van der Waals surface area contributed by atoms with Crippen molar-refractivity contribution in [3.05, 3.63) is 35.9 Å². The van der Waals surface area contributed by atoms with Crippen LogP contribution in [0.5, 0.6) is 0 Å². The number of carbonyl (C=O) groups excluding carboxylic acids is 1. The highest BCUT2D eigenvalue weighted by Gasteiger charge is 2.50. The molecule has 0 N–H and O–H groups in total. The fraction of sp³-hybridized carbons (Fsp3) is 0.500. The van der Waals surface area contributed by atoms with Gasteiger partial charge in [0.05, 0.1) is 6.42 Å². The van der Waals surface area contributed by atoms with Gasteiger partial charge in [-0.25, -0.2) is 0 Å². The van der Waals surface area contributed by atoms with Gasteiger partial charge in [-0.2, -0.15) is 0 Å². The van der Waals surface area contributed by atoms with Crippen LogP contribution in [0.15, 0.2) is 30.3 Å². The highest BCUT2D eigenvalue weighted by Crippen LogP contribution is 2.47. The monoisotopic (exact) mass is 216 g/mol. The van der Waals surface area contributed by atoms with Crippen molar-refractivity contribution in [3.63, 3.8) is 0 Å². The summed E-state index contributed by atoms with van der Waals surface area (Å²) in [5, 5.41) is 0. The van der Waals surface area contributed by atoms with Gasteiger partial charge in [-0.1, -0.05) is 36.8 Å². The van der Waals surface area contributed by atoms with E-state index in [2.05, 4.69) is 24.3 Å². The lowest BCUT2D eigenvalue weighted by Gasteiger charge is -2.37. The first-order valence-corrected chi connectivity index (χ1v) is 6.06. The maximum Gasteiger partial charge on any atom is 0.307 e. The zero-order chi connectivity index (χ0) is 11.0. The van der Waals surface area contributed by atoms with Gasteiger partial charge in [0, 0.05) is 5.41 Å². The molecule has 1 saturated carbocycles. The topological polar surface area (TPSA) is 26.3 Å². The molecule has 1 saturated heterocycles. The molecule has 0 unspecified atom stereocenters. The lowest BCUT2D eigenvalue weighted by molar-refractivity contribution is -0.142. The van der Waals surface area contributed by atoms with E-state index in [0.29, 0.717) is 6.42 Å². The van der Waals surface area contributed by atoms with Crippen LogP contribution in [0.1, 0.15) is 37.7 Å². The van der Waals surface area contributed by atoms with Crippen molar-refractivity contribution < 1.29 is 9.53 Å². The maximum atomic E-state index is 11.6. The molecule has 1 aliphatic heterocycles. The Balaban J connectivity index is 2.03. The molecule has 16 heavy (non-hydrogen) atoms. The number of esters is 1. The fourth-order valence-electron chi connectivity index (χ4n) is 3.24. The van der Waals surface area contributed by atoms with Crippen LogP contribution in [0.25, 0.3) is 0 Å². The van der Waals surface area contributed by atoms with E-state index in [9.17, 15) is 4.79 Å². The molecule has 3 rings (SSSR count). The van der Waals surface area contributed by atoms with Gasteiger partial charge in [0.2, 0.25) is 0 Å². The van der Waals surface area contributed by atoms with Crippen molar-refractivity contribution in [2.75, 3.05) is 0 Å². The summed E-state index contributed by atoms with van der Waals surface area (Å²) in [4.78, 5) is 11.6. The molecular formula is C14H16O2. The highest BCUT2D eigenvalue weighted by molar-refractivity contribution is 5.75. The van der Waals surface area contributed by atoms with Crippen molar-refractivity contribution >= 4 is 5.97 Å². The summed E-state index contributed by atoms with van der Waals surface area (Å²) in [6.07, 6.45) is 5.21. The number of benzene rings is 1. The molecule has 1 aromatic carbocycles. The number of fused-ring (bicyclic) bond motifs is 1. The molecule has 2 fully saturated rings. The van der Waals surface area contributed by atoms with Gasteiger partial charge in [-0.3, -0.25) is 4.79 Å². The molecule has 84 valence electrons. The van der Waals surface area contributed by atoms with Gasteiger partial charge in [0.15, 0.2) is 0 Å². The second-order valence-electron chi connectivity index (χ2n) is 4.92. The standard InChI is InChI=1S/C14H16O2/c15-13-10-14(11-6-2-1-3-7-11)9-5-4-8-12(14)16-13/h1-3,6-7,12H,4-5,8-10H2/t12-,14-/m1/s1. The van der Waals surface area contributed by atoms with Crippen LogP contribution in [0, 0.1) is 0 Å². The molecular weight excluding hydrogens is 200 g/mol. The van der Waals surface area contributed by atoms with Crippen LogP contribution in [-0.2, 0) is 14.9 Å². The lowest BCUT2D eigenvalue weighted by atomic mass is 9.67. The molecule has 0 aromatic heterocycles. The van der Waals surface area contributed by atoms with E-state index < -0.39 is 0 Å². The second kappa shape index (κ2) is 3.62. The van der Waals surface area contributed by atoms with E-state index in [1.54, 1.807) is 0 Å². The number of carbonyl (C=O) groups is 1. The van der Waals surface area contributed by atoms with Crippen LogP contribution in [-0.4, -0.2) is 12.1 Å². The zero-order valence-electron chi connectivity index (χ0n) is 9.32. The third kappa shape index (κ3) is 1.36. The summed E-state index contributed by atoms with van der Waals surface area (Å²) < 4.78 is 5.48. The van der Waals surface area contributed by atoms with E-state index in [4.69, 9.17) is 4.74 Å². The average molecular weight is 216 g/mol. The number of ether oxygens (including phenoxy) is 1. The number of hydrogen-bond donors (Lipinski definition) is 0. The summed E-state index contributed by atoms with van der Waals surface area (Å²) in [5.41, 5.74) is 1.27. The Bertz CT molecular complexity index is 398. The second-order valence-corrected chi connectivity index (χ2v) is 4.92. The molecule has 1 heterocycles. The van der Waals surface area contributed by atoms with E-state index in [-0.39, 0.29) is 17.5 Å². The minimum Gasteiger partial charge on any atom is -0.461 e. The first-order valence-electron chi connectivity index (χ1n) is 6.06. The average Bonchev–Trinajstić information content (AvgIpc) is 2.67. The lowest BCUT2D eigenvalue weighted by Crippen LogP contribution is -2.38. The first-order chi connectivity index (χ1) is 7.81. The van der Waals surface area contributed by atoms with Crippen molar-refractivity contribution in [2.24, 2.45) is 0 Å². The Hall–Kier alpha value is -1.31. The number of hydrogen-bond acceptors (Lipinski definition) is 2. The van der Waals surface area contributed by atoms with Crippen molar-refractivity contribution in [1.82, 2.24) is 0 Å². The number of rotatable bonds is 1. The van der Waals surface area contributed by atoms with Crippen molar-refractivity contribution in [1.29, 1.82) is 0 Å². The van der Waals surface area contributed by atoms with Gasteiger partial charge in [-0.15, -0.1) is 0 Å². The summed E-state index contributed by atoms with van der Waals surface area (Å²) >= 11 is 0. The van der Waals surface area contributed by atoms with Crippen LogP contribution >= 0.6 is 0 Å². The van der Waals surface area contributed by atoms with Crippen molar-refractivity contribution in [3.8, 4) is 0 Å². The fourth-order valence-corrected chi connectivity index (χ4v) is 3.24. The molecule has 2 aliphatic rings. The summed E-state index contributed by atoms with van der Waals surface area (Å²) in [5.74, 6) is -0.0178. The molecule has 0 radical (unpaired) electrons. The SMILES string of the molecule is O=C1C[C@@]2(c3ccccc3)CCCC[C@H]2O1. The quantitative estimate of drug-likeness (QED) is 0.675. The zero-order valence-corrected chi connectivity index (χ0v) is 9.32. The van der Waals surface area contributed by atoms with E-state index in [1.807, 2.05) is 6.07 Å². The van der Waals surface area contributed by atoms with Gasteiger partial charge in [-0.05, 0) is 24.8 Å². The smallest absolute Gasteiger partial charge is 0.307 e.